The van der Waals surface area contributed by atoms with Crippen LogP contribution >= 0.6 is 23.4 Å². The second-order valence-electron chi connectivity index (χ2n) is 5.08. The third kappa shape index (κ3) is 3.51. The van der Waals surface area contributed by atoms with Crippen LogP contribution in [0.4, 0.5) is 0 Å². The fourth-order valence-corrected chi connectivity index (χ4v) is 2.71. The second-order valence-corrected chi connectivity index (χ2v) is 6.45. The van der Waals surface area contributed by atoms with Crippen molar-refractivity contribution in [1.82, 2.24) is 20.2 Å². The van der Waals surface area contributed by atoms with Gasteiger partial charge in [-0.2, -0.15) is 0 Å². The largest absolute Gasteiger partial charge is 0.440 e. The molecule has 0 spiro atoms. The zero-order valence-corrected chi connectivity index (χ0v) is 13.8. The molecule has 22 heavy (non-hydrogen) atoms. The van der Waals surface area contributed by atoms with Crippen molar-refractivity contribution < 1.29 is 4.42 Å². The van der Waals surface area contributed by atoms with E-state index in [1.165, 1.54) is 11.8 Å². The summed E-state index contributed by atoms with van der Waals surface area (Å²) < 4.78 is 5.74. The molecule has 0 aliphatic carbocycles. The van der Waals surface area contributed by atoms with Crippen LogP contribution in [0.1, 0.15) is 31.5 Å². The van der Waals surface area contributed by atoms with Gasteiger partial charge in [0.05, 0.1) is 11.9 Å². The summed E-state index contributed by atoms with van der Waals surface area (Å²) >= 11 is 7.47. The van der Waals surface area contributed by atoms with Crippen molar-refractivity contribution in [3.63, 3.8) is 0 Å². The first-order chi connectivity index (χ1) is 10.6. The number of aromatic nitrogens is 4. The molecule has 0 unspecified atom stereocenters. The lowest BCUT2D eigenvalue weighted by Gasteiger charge is -1.97. The fourth-order valence-electron chi connectivity index (χ4n) is 1.86. The number of rotatable bonds is 5. The van der Waals surface area contributed by atoms with Crippen molar-refractivity contribution in [2.75, 3.05) is 0 Å². The molecule has 2 heterocycles. The summed E-state index contributed by atoms with van der Waals surface area (Å²) in [5.74, 6) is 3.13. The number of hydrogen-bond donors (Lipinski definition) is 1. The molecule has 5 nitrogen and oxygen atoms in total. The summed E-state index contributed by atoms with van der Waals surface area (Å²) in [7, 11) is 0. The molecule has 0 bridgehead atoms. The van der Waals surface area contributed by atoms with Crippen LogP contribution in [0.25, 0.3) is 11.3 Å². The van der Waals surface area contributed by atoms with Gasteiger partial charge < -0.3 is 4.42 Å². The number of H-pyrrole nitrogens is 1. The number of halogens is 1. The van der Waals surface area contributed by atoms with Crippen molar-refractivity contribution in [2.45, 2.75) is 30.7 Å². The minimum Gasteiger partial charge on any atom is -0.440 e. The Labute approximate surface area is 137 Å². The molecular weight excluding hydrogens is 320 g/mol. The lowest BCUT2D eigenvalue weighted by molar-refractivity contribution is 0.530. The monoisotopic (exact) mass is 334 g/mol. The Morgan fingerprint density at radius 2 is 2.23 bits per heavy atom. The summed E-state index contributed by atoms with van der Waals surface area (Å²) in [5.41, 5.74) is 0.913. The maximum absolute atomic E-state index is 5.98. The summed E-state index contributed by atoms with van der Waals surface area (Å²) in [6, 6.07) is 7.50. The van der Waals surface area contributed by atoms with Crippen molar-refractivity contribution >= 4 is 23.4 Å². The second kappa shape index (κ2) is 6.54. The van der Waals surface area contributed by atoms with Crippen LogP contribution in [-0.4, -0.2) is 20.2 Å². The molecule has 1 aromatic carbocycles. The smallest absolute Gasteiger partial charge is 0.208 e. The molecule has 0 saturated heterocycles. The molecule has 2 aromatic heterocycles. The van der Waals surface area contributed by atoms with Gasteiger partial charge in [-0.25, -0.2) is 9.97 Å². The SMILES string of the molecule is CC(C)c1nc(SCc2ncc(-c3cccc(Cl)c3)o2)n[nH]1. The topological polar surface area (TPSA) is 67.6 Å². The Bertz CT molecular complexity index is 768. The van der Waals surface area contributed by atoms with E-state index in [0.717, 1.165) is 11.4 Å². The van der Waals surface area contributed by atoms with Crippen molar-refractivity contribution in [1.29, 1.82) is 0 Å². The van der Waals surface area contributed by atoms with Crippen LogP contribution < -0.4 is 0 Å². The van der Waals surface area contributed by atoms with Crippen LogP contribution in [0.2, 0.25) is 5.02 Å². The molecule has 7 heteroatoms. The van der Waals surface area contributed by atoms with Crippen LogP contribution in [0.15, 0.2) is 40.0 Å². The average molecular weight is 335 g/mol. The number of nitrogens with one attached hydrogen (secondary N) is 1. The number of hydrogen-bond acceptors (Lipinski definition) is 5. The van der Waals surface area contributed by atoms with Gasteiger partial charge in [0, 0.05) is 16.5 Å². The summed E-state index contributed by atoms with van der Waals surface area (Å²) in [4.78, 5) is 8.69. The third-order valence-corrected chi connectivity index (χ3v) is 4.08. The molecule has 0 aliphatic rings. The lowest BCUT2D eigenvalue weighted by Crippen LogP contribution is -1.89. The molecule has 0 amide bonds. The molecule has 3 aromatic rings. The van der Waals surface area contributed by atoms with Crippen molar-refractivity contribution in [3.05, 3.63) is 47.2 Å². The van der Waals surface area contributed by atoms with Crippen LogP contribution in [0.5, 0.6) is 0 Å². The van der Waals surface area contributed by atoms with Crippen LogP contribution in [0.3, 0.4) is 0 Å². The zero-order valence-electron chi connectivity index (χ0n) is 12.2. The highest BCUT2D eigenvalue weighted by molar-refractivity contribution is 7.98. The standard InChI is InChI=1S/C15H15ClN4OS/c1-9(2)14-18-15(20-19-14)22-8-13-17-7-12(21-13)10-4-3-5-11(16)6-10/h3-7,9H,8H2,1-2H3,(H,18,19,20). The molecule has 3 rings (SSSR count). The van der Waals surface area contributed by atoms with Gasteiger partial charge in [-0.1, -0.05) is 49.3 Å². The number of aromatic amines is 1. The molecule has 0 fully saturated rings. The molecule has 0 atom stereocenters. The third-order valence-electron chi connectivity index (χ3n) is 3.02. The highest BCUT2D eigenvalue weighted by Gasteiger charge is 2.10. The van der Waals surface area contributed by atoms with Gasteiger partial charge in [0.25, 0.3) is 0 Å². The Morgan fingerprint density at radius 1 is 1.36 bits per heavy atom. The molecule has 1 N–H and O–H groups in total. The van der Waals surface area contributed by atoms with E-state index in [1.807, 2.05) is 24.3 Å². The van der Waals surface area contributed by atoms with Gasteiger partial charge >= 0.3 is 0 Å². The van der Waals surface area contributed by atoms with E-state index in [1.54, 1.807) is 6.20 Å². The Morgan fingerprint density at radius 3 is 2.95 bits per heavy atom. The maximum atomic E-state index is 5.98. The molecule has 114 valence electrons. The molecule has 0 aliphatic heterocycles. The van der Waals surface area contributed by atoms with E-state index in [2.05, 4.69) is 34.0 Å². The first-order valence-corrected chi connectivity index (χ1v) is 8.24. The van der Waals surface area contributed by atoms with E-state index in [4.69, 9.17) is 16.0 Å². The first kappa shape index (κ1) is 15.1. The molecule has 0 radical (unpaired) electrons. The van der Waals surface area contributed by atoms with E-state index < -0.39 is 0 Å². The lowest BCUT2D eigenvalue weighted by atomic mass is 10.2. The number of nitrogens with zero attached hydrogens (tertiary/aromatic N) is 3. The summed E-state index contributed by atoms with van der Waals surface area (Å²) in [6.07, 6.45) is 1.71. The minimum absolute atomic E-state index is 0.331. The molecule has 0 saturated carbocycles. The van der Waals surface area contributed by atoms with Crippen molar-refractivity contribution in [3.8, 4) is 11.3 Å². The Balaban J connectivity index is 1.66. The Kier molecular flexibility index (Phi) is 4.49. The van der Waals surface area contributed by atoms with E-state index in [0.29, 0.717) is 33.5 Å². The normalized spacial score (nSPS) is 11.3. The van der Waals surface area contributed by atoms with Gasteiger partial charge in [0.2, 0.25) is 11.0 Å². The van der Waals surface area contributed by atoms with E-state index in [-0.39, 0.29) is 0 Å². The van der Waals surface area contributed by atoms with Crippen LogP contribution in [-0.2, 0) is 5.75 Å². The number of benzene rings is 1. The van der Waals surface area contributed by atoms with Gasteiger partial charge in [0.15, 0.2) is 5.76 Å². The zero-order chi connectivity index (χ0) is 15.5. The van der Waals surface area contributed by atoms with Crippen molar-refractivity contribution in [2.24, 2.45) is 0 Å². The van der Waals surface area contributed by atoms with Gasteiger partial charge in [-0.3, -0.25) is 5.10 Å². The molecular formula is C15H15ClN4OS. The van der Waals surface area contributed by atoms with E-state index in [9.17, 15) is 0 Å². The Hall–Kier alpha value is -1.79. The quantitative estimate of drug-likeness (QED) is 0.694. The average Bonchev–Trinajstić information content (AvgIpc) is 3.14. The van der Waals surface area contributed by atoms with Gasteiger partial charge in [0.1, 0.15) is 5.82 Å². The van der Waals surface area contributed by atoms with Gasteiger partial charge in [-0.05, 0) is 12.1 Å². The van der Waals surface area contributed by atoms with E-state index >= 15 is 0 Å². The summed E-state index contributed by atoms with van der Waals surface area (Å²) in [6.45, 7) is 4.14. The predicted octanol–water partition coefficient (Wildman–Crippen LogP) is 4.53. The highest BCUT2D eigenvalue weighted by atomic mass is 35.5. The first-order valence-electron chi connectivity index (χ1n) is 6.87. The number of thioether (sulfide) groups is 1. The van der Waals surface area contributed by atoms with Crippen LogP contribution in [0, 0.1) is 0 Å². The van der Waals surface area contributed by atoms with Gasteiger partial charge in [-0.15, -0.1) is 5.10 Å². The number of oxazole rings is 1. The summed E-state index contributed by atoms with van der Waals surface area (Å²) in [5, 5.41) is 8.47. The fraction of sp³-hybridized carbons (Fsp3) is 0.267. The maximum Gasteiger partial charge on any atom is 0.208 e. The minimum atomic E-state index is 0.331. The predicted molar refractivity (Wildman–Crippen MR) is 87.0 cm³/mol. The highest BCUT2D eigenvalue weighted by Crippen LogP contribution is 2.26.